The summed E-state index contributed by atoms with van der Waals surface area (Å²) in [6.07, 6.45) is 5.29. The van der Waals surface area contributed by atoms with Gasteiger partial charge in [0, 0.05) is 23.7 Å². The maximum absolute atomic E-state index is 12.4. The Hall–Kier alpha value is -3.15. The molecule has 1 N–H and O–H groups in total. The fraction of sp³-hybridized carbons (Fsp3) is 0.348. The van der Waals surface area contributed by atoms with Crippen LogP contribution in [0.25, 0.3) is 0 Å². The Kier molecular flexibility index (Phi) is 5.09. The van der Waals surface area contributed by atoms with Crippen LogP contribution >= 0.6 is 0 Å². The summed E-state index contributed by atoms with van der Waals surface area (Å²) in [5.41, 5.74) is 3.78. The number of carbonyl (C=O) groups is 1. The molecule has 0 saturated heterocycles. The summed E-state index contributed by atoms with van der Waals surface area (Å²) in [5, 5.41) is 14.5. The van der Waals surface area contributed by atoms with Gasteiger partial charge in [-0.05, 0) is 47.6 Å². The van der Waals surface area contributed by atoms with E-state index in [0.717, 1.165) is 23.2 Å². The third kappa shape index (κ3) is 3.75. The SMILES string of the molecule is CC(C)COC(=O)c1ccc2c(c1)[C@H]1C=CC[C@@H]1[C@H](c1ccc([N+](=O)[O-])cc1)N2. The van der Waals surface area contributed by atoms with E-state index in [1.165, 1.54) is 0 Å². The molecule has 2 aromatic carbocycles. The van der Waals surface area contributed by atoms with E-state index in [1.54, 1.807) is 18.2 Å². The minimum absolute atomic E-state index is 0.0575. The lowest BCUT2D eigenvalue weighted by Crippen LogP contribution is -2.29. The molecule has 0 bridgehead atoms. The number of anilines is 1. The van der Waals surface area contributed by atoms with Crippen molar-refractivity contribution in [3.05, 3.63) is 81.4 Å². The van der Waals surface area contributed by atoms with Gasteiger partial charge in [0.2, 0.25) is 0 Å². The molecular weight excluding hydrogens is 368 g/mol. The summed E-state index contributed by atoms with van der Waals surface area (Å²) in [6, 6.07) is 12.5. The Balaban J connectivity index is 1.62. The zero-order valence-corrected chi connectivity index (χ0v) is 16.5. The Morgan fingerprint density at radius 3 is 2.69 bits per heavy atom. The van der Waals surface area contributed by atoms with Gasteiger partial charge in [-0.2, -0.15) is 0 Å². The molecule has 4 rings (SSSR count). The second kappa shape index (κ2) is 7.70. The smallest absolute Gasteiger partial charge is 0.338 e. The third-order valence-corrected chi connectivity index (χ3v) is 5.61. The monoisotopic (exact) mass is 392 g/mol. The predicted octanol–water partition coefficient (Wildman–Crippen LogP) is 5.23. The van der Waals surface area contributed by atoms with Gasteiger partial charge in [0.25, 0.3) is 5.69 Å². The number of nitrogens with one attached hydrogen (secondary N) is 1. The lowest BCUT2D eigenvalue weighted by atomic mass is 9.76. The van der Waals surface area contributed by atoms with Crippen LogP contribution in [0.5, 0.6) is 0 Å². The van der Waals surface area contributed by atoms with Crippen LogP contribution < -0.4 is 5.32 Å². The Labute approximate surface area is 169 Å². The van der Waals surface area contributed by atoms with Crippen LogP contribution in [0, 0.1) is 22.0 Å². The number of hydrogen-bond donors (Lipinski definition) is 1. The Bertz CT molecular complexity index is 965. The molecule has 150 valence electrons. The minimum atomic E-state index is -0.382. The fourth-order valence-electron chi connectivity index (χ4n) is 4.18. The molecule has 6 nitrogen and oxygen atoms in total. The predicted molar refractivity (Wildman–Crippen MR) is 111 cm³/mol. The molecule has 0 amide bonds. The van der Waals surface area contributed by atoms with E-state index in [2.05, 4.69) is 17.5 Å². The standard InChI is InChI=1S/C23H24N2O4/c1-14(2)13-29-23(26)16-8-11-21-20(12-16)18-4-3-5-19(18)22(24-21)15-6-9-17(10-7-15)25(27)28/h3-4,6-12,14,18-19,22,24H,5,13H2,1-2H3/t18-,19-,22-/m0/s1. The van der Waals surface area contributed by atoms with E-state index in [0.29, 0.717) is 24.0 Å². The van der Waals surface area contributed by atoms with E-state index in [1.807, 2.05) is 38.1 Å². The first kappa shape index (κ1) is 19.2. The van der Waals surface area contributed by atoms with Crippen molar-refractivity contribution >= 4 is 17.3 Å². The second-order valence-corrected chi connectivity index (χ2v) is 8.12. The molecule has 0 unspecified atom stereocenters. The first-order valence-corrected chi connectivity index (χ1v) is 9.92. The molecule has 3 atom stereocenters. The average molecular weight is 392 g/mol. The zero-order valence-electron chi connectivity index (χ0n) is 16.5. The number of rotatable bonds is 5. The minimum Gasteiger partial charge on any atom is -0.462 e. The highest BCUT2D eigenvalue weighted by molar-refractivity contribution is 5.90. The molecule has 2 aliphatic rings. The average Bonchev–Trinajstić information content (AvgIpc) is 3.21. The highest BCUT2D eigenvalue weighted by Gasteiger charge is 2.38. The van der Waals surface area contributed by atoms with E-state index >= 15 is 0 Å². The summed E-state index contributed by atoms with van der Waals surface area (Å²) in [5.74, 6) is 0.496. The van der Waals surface area contributed by atoms with E-state index in [-0.39, 0.29) is 28.5 Å². The number of nitro benzene ring substituents is 1. The van der Waals surface area contributed by atoms with Crippen LogP contribution in [0.15, 0.2) is 54.6 Å². The van der Waals surface area contributed by atoms with Crippen molar-refractivity contribution in [1.82, 2.24) is 0 Å². The van der Waals surface area contributed by atoms with Crippen molar-refractivity contribution in [2.45, 2.75) is 32.2 Å². The number of nitro groups is 1. The molecule has 6 heteroatoms. The highest BCUT2D eigenvalue weighted by Crippen LogP contribution is 2.50. The molecule has 1 aliphatic heterocycles. The number of esters is 1. The van der Waals surface area contributed by atoms with Crippen LogP contribution in [-0.4, -0.2) is 17.5 Å². The van der Waals surface area contributed by atoms with E-state index in [4.69, 9.17) is 4.74 Å². The van der Waals surface area contributed by atoms with Gasteiger partial charge in [0.1, 0.15) is 0 Å². The molecule has 1 heterocycles. The number of nitrogens with zero attached hydrogens (tertiary/aromatic N) is 1. The Morgan fingerprint density at radius 1 is 1.24 bits per heavy atom. The molecular formula is C23H24N2O4. The fourth-order valence-corrected chi connectivity index (χ4v) is 4.18. The number of hydrogen-bond acceptors (Lipinski definition) is 5. The van der Waals surface area contributed by atoms with Gasteiger partial charge in [-0.25, -0.2) is 4.79 Å². The number of ether oxygens (including phenoxy) is 1. The second-order valence-electron chi connectivity index (χ2n) is 8.12. The quantitative estimate of drug-likeness (QED) is 0.326. The molecule has 29 heavy (non-hydrogen) atoms. The largest absolute Gasteiger partial charge is 0.462 e. The van der Waals surface area contributed by atoms with Crippen LogP contribution in [0.3, 0.4) is 0 Å². The van der Waals surface area contributed by atoms with Gasteiger partial charge in [-0.15, -0.1) is 0 Å². The lowest BCUT2D eigenvalue weighted by Gasteiger charge is -2.37. The van der Waals surface area contributed by atoms with Gasteiger partial charge in [0.15, 0.2) is 0 Å². The molecule has 0 spiro atoms. The summed E-state index contributed by atoms with van der Waals surface area (Å²) in [7, 11) is 0. The van der Waals surface area contributed by atoms with E-state index in [9.17, 15) is 14.9 Å². The summed E-state index contributed by atoms with van der Waals surface area (Å²) < 4.78 is 5.38. The summed E-state index contributed by atoms with van der Waals surface area (Å²) in [4.78, 5) is 22.9. The van der Waals surface area contributed by atoms with Crippen molar-refractivity contribution in [1.29, 1.82) is 0 Å². The van der Waals surface area contributed by atoms with Gasteiger partial charge in [-0.1, -0.05) is 38.1 Å². The summed E-state index contributed by atoms with van der Waals surface area (Å²) in [6.45, 7) is 4.43. The van der Waals surface area contributed by atoms with Crippen molar-refractivity contribution < 1.29 is 14.5 Å². The molecule has 0 radical (unpaired) electrons. The molecule has 0 fully saturated rings. The third-order valence-electron chi connectivity index (χ3n) is 5.61. The number of non-ortho nitro benzene ring substituents is 1. The maximum atomic E-state index is 12.4. The van der Waals surface area contributed by atoms with Crippen LogP contribution in [0.1, 0.15) is 53.7 Å². The number of fused-ring (bicyclic) bond motifs is 3. The van der Waals surface area contributed by atoms with Crippen LogP contribution in [-0.2, 0) is 4.74 Å². The van der Waals surface area contributed by atoms with Crippen LogP contribution in [0.4, 0.5) is 11.4 Å². The van der Waals surface area contributed by atoms with Crippen molar-refractivity contribution in [2.24, 2.45) is 11.8 Å². The highest BCUT2D eigenvalue weighted by atomic mass is 16.6. The van der Waals surface area contributed by atoms with Gasteiger partial charge in [0.05, 0.1) is 23.1 Å². The molecule has 0 saturated carbocycles. The molecule has 2 aromatic rings. The van der Waals surface area contributed by atoms with Crippen molar-refractivity contribution in [2.75, 3.05) is 11.9 Å². The first-order valence-electron chi connectivity index (χ1n) is 9.92. The summed E-state index contributed by atoms with van der Waals surface area (Å²) >= 11 is 0. The van der Waals surface area contributed by atoms with Gasteiger partial charge < -0.3 is 10.1 Å². The number of benzene rings is 2. The lowest BCUT2D eigenvalue weighted by molar-refractivity contribution is -0.384. The zero-order chi connectivity index (χ0) is 20.5. The number of carbonyl (C=O) groups excluding carboxylic acids is 1. The molecule has 0 aromatic heterocycles. The van der Waals surface area contributed by atoms with Crippen LogP contribution in [0.2, 0.25) is 0 Å². The first-order chi connectivity index (χ1) is 13.9. The number of allylic oxidation sites excluding steroid dienone is 2. The topological polar surface area (TPSA) is 81.5 Å². The normalized spacial score (nSPS) is 22.0. The van der Waals surface area contributed by atoms with Gasteiger partial charge in [-0.3, -0.25) is 10.1 Å². The Morgan fingerprint density at radius 2 is 2.00 bits per heavy atom. The maximum Gasteiger partial charge on any atom is 0.338 e. The van der Waals surface area contributed by atoms with Crippen molar-refractivity contribution in [3.63, 3.8) is 0 Å². The van der Waals surface area contributed by atoms with Crippen molar-refractivity contribution in [3.8, 4) is 0 Å². The van der Waals surface area contributed by atoms with Gasteiger partial charge >= 0.3 is 5.97 Å². The van der Waals surface area contributed by atoms with E-state index < -0.39 is 0 Å². The molecule has 1 aliphatic carbocycles.